The van der Waals surface area contributed by atoms with Crippen LogP contribution >= 0.6 is 23.2 Å². The Morgan fingerprint density at radius 2 is 1.71 bits per heavy atom. The quantitative estimate of drug-likeness (QED) is 0.911. The molecule has 1 aromatic heterocycles. The van der Waals surface area contributed by atoms with E-state index in [2.05, 4.69) is 10.2 Å². The second-order valence-corrected chi connectivity index (χ2v) is 5.70. The lowest BCUT2D eigenvalue weighted by Gasteiger charge is -2.02. The number of H-pyrrole nitrogens is 2. The van der Waals surface area contributed by atoms with Crippen molar-refractivity contribution in [1.29, 1.82) is 0 Å². The third-order valence-electron chi connectivity index (χ3n) is 2.04. The average molecular weight is 291 g/mol. The Bertz CT molecular complexity index is 601. The first-order valence-electron chi connectivity index (χ1n) is 4.65. The van der Waals surface area contributed by atoms with Crippen LogP contribution in [0.15, 0.2) is 34.0 Å². The summed E-state index contributed by atoms with van der Waals surface area (Å²) in [4.78, 5) is 11.4. The van der Waals surface area contributed by atoms with Crippen molar-refractivity contribution in [3.05, 3.63) is 50.4 Å². The molecule has 1 aromatic carbocycles. The molecule has 0 saturated heterocycles. The second-order valence-electron chi connectivity index (χ2n) is 3.38. The fourth-order valence-electron chi connectivity index (χ4n) is 1.33. The Hall–Kier alpha value is -1.04. The molecule has 0 spiro atoms. The van der Waals surface area contributed by atoms with Crippen LogP contribution in [-0.2, 0) is 16.6 Å². The van der Waals surface area contributed by atoms with Crippen molar-refractivity contribution in [2.24, 2.45) is 0 Å². The zero-order valence-corrected chi connectivity index (χ0v) is 10.8. The van der Waals surface area contributed by atoms with E-state index in [1.165, 1.54) is 6.07 Å². The molecule has 2 aromatic rings. The first kappa shape index (κ1) is 12.4. The summed E-state index contributed by atoms with van der Waals surface area (Å²) in [6, 6.07) is 6.12. The highest BCUT2D eigenvalue weighted by Gasteiger charge is 2.08. The molecule has 7 heteroatoms. The zero-order chi connectivity index (χ0) is 12.4. The van der Waals surface area contributed by atoms with Crippen LogP contribution < -0.4 is 5.56 Å². The highest BCUT2D eigenvalue weighted by Crippen LogP contribution is 2.22. The monoisotopic (exact) mass is 290 g/mol. The largest absolute Gasteiger partial charge is 0.301 e. The second kappa shape index (κ2) is 5.08. The molecule has 0 aliphatic carbocycles. The Morgan fingerprint density at radius 1 is 1.06 bits per heavy atom. The van der Waals surface area contributed by atoms with E-state index >= 15 is 0 Å². The van der Waals surface area contributed by atoms with E-state index in [0.717, 1.165) is 0 Å². The van der Waals surface area contributed by atoms with Gasteiger partial charge in [-0.2, -0.15) is 0 Å². The first-order valence-corrected chi connectivity index (χ1v) is 6.73. The van der Waals surface area contributed by atoms with Gasteiger partial charge in [-0.05, 0) is 18.2 Å². The minimum Gasteiger partial charge on any atom is -0.301 e. The average Bonchev–Trinajstić information content (AvgIpc) is 2.62. The summed E-state index contributed by atoms with van der Waals surface area (Å²) in [5, 5.41) is 5.89. The van der Waals surface area contributed by atoms with Crippen LogP contribution in [0.25, 0.3) is 0 Å². The molecular weight excluding hydrogens is 283 g/mol. The number of nitrogens with one attached hydrogen (secondary N) is 2. The molecule has 0 fully saturated rings. The summed E-state index contributed by atoms with van der Waals surface area (Å²) in [6.45, 7) is 0. The van der Waals surface area contributed by atoms with Crippen molar-refractivity contribution < 1.29 is 4.21 Å². The van der Waals surface area contributed by atoms with Gasteiger partial charge in [-0.3, -0.25) is 14.1 Å². The standard InChI is InChI=1S/C10H8Cl2N2O2S/c11-6-1-7(12)3-9(2-6)17(16)5-8-4-10(15)14-13-8/h1-4H,5H2,(H2,13,14,15). The smallest absolute Gasteiger partial charge is 0.264 e. The summed E-state index contributed by atoms with van der Waals surface area (Å²) < 4.78 is 12.0. The van der Waals surface area contributed by atoms with Crippen LogP contribution in [0.3, 0.4) is 0 Å². The molecule has 2 N–H and O–H groups in total. The van der Waals surface area contributed by atoms with Gasteiger partial charge >= 0.3 is 0 Å². The maximum atomic E-state index is 12.0. The molecule has 1 atom stereocenters. The van der Waals surface area contributed by atoms with Gasteiger partial charge in [0.1, 0.15) is 0 Å². The molecule has 0 saturated carbocycles. The highest BCUT2D eigenvalue weighted by atomic mass is 35.5. The summed E-state index contributed by atoms with van der Waals surface area (Å²) >= 11 is 11.6. The Labute approximate surface area is 109 Å². The van der Waals surface area contributed by atoms with Crippen molar-refractivity contribution in [1.82, 2.24) is 10.2 Å². The number of hydrogen-bond donors (Lipinski definition) is 2. The van der Waals surface area contributed by atoms with Crippen LogP contribution in [0.4, 0.5) is 0 Å². The molecule has 0 aliphatic heterocycles. The molecule has 4 nitrogen and oxygen atoms in total. The van der Waals surface area contributed by atoms with E-state index < -0.39 is 10.8 Å². The minimum atomic E-state index is -1.30. The SMILES string of the molecule is O=c1cc(CS(=O)c2cc(Cl)cc(Cl)c2)[nH][nH]1. The van der Waals surface area contributed by atoms with Crippen molar-refractivity contribution in [3.63, 3.8) is 0 Å². The fourth-order valence-corrected chi connectivity index (χ4v) is 3.11. The van der Waals surface area contributed by atoms with Crippen LogP contribution in [0.1, 0.15) is 5.69 Å². The van der Waals surface area contributed by atoms with Gasteiger partial charge in [0, 0.05) is 26.7 Å². The number of rotatable bonds is 3. The van der Waals surface area contributed by atoms with Crippen LogP contribution in [0, 0.1) is 0 Å². The molecule has 0 amide bonds. The van der Waals surface area contributed by atoms with Crippen LogP contribution in [0.2, 0.25) is 10.0 Å². The van der Waals surface area contributed by atoms with Gasteiger partial charge in [-0.25, -0.2) is 0 Å². The Morgan fingerprint density at radius 3 is 2.24 bits per heavy atom. The van der Waals surface area contributed by atoms with Gasteiger partial charge in [-0.1, -0.05) is 23.2 Å². The summed E-state index contributed by atoms with van der Waals surface area (Å²) in [6.07, 6.45) is 0. The summed E-state index contributed by atoms with van der Waals surface area (Å²) in [5.74, 6) is 0.204. The topological polar surface area (TPSA) is 65.7 Å². The molecule has 90 valence electrons. The van der Waals surface area contributed by atoms with Gasteiger partial charge in [-0.15, -0.1) is 0 Å². The third kappa shape index (κ3) is 3.21. The summed E-state index contributed by atoms with van der Waals surface area (Å²) in [5.41, 5.74) is 0.325. The normalized spacial score (nSPS) is 12.6. The van der Waals surface area contributed by atoms with E-state index in [9.17, 15) is 9.00 Å². The van der Waals surface area contributed by atoms with Crippen molar-refractivity contribution in [3.8, 4) is 0 Å². The summed E-state index contributed by atoms with van der Waals surface area (Å²) in [7, 11) is -1.30. The van der Waals surface area contributed by atoms with Gasteiger partial charge < -0.3 is 5.10 Å². The molecule has 1 heterocycles. The lowest BCUT2D eigenvalue weighted by atomic mass is 10.4. The van der Waals surface area contributed by atoms with E-state index in [1.807, 2.05) is 0 Å². The number of aromatic amines is 2. The van der Waals surface area contributed by atoms with Gasteiger partial charge in [0.15, 0.2) is 0 Å². The number of halogens is 2. The number of benzene rings is 1. The van der Waals surface area contributed by atoms with E-state index in [-0.39, 0.29) is 11.3 Å². The fraction of sp³-hybridized carbons (Fsp3) is 0.100. The van der Waals surface area contributed by atoms with E-state index in [4.69, 9.17) is 23.2 Å². The predicted octanol–water partition coefficient (Wildman–Crippen LogP) is 2.32. The highest BCUT2D eigenvalue weighted by molar-refractivity contribution is 7.84. The van der Waals surface area contributed by atoms with Gasteiger partial charge in [0.2, 0.25) is 0 Å². The van der Waals surface area contributed by atoms with Crippen LogP contribution in [0.5, 0.6) is 0 Å². The molecule has 0 aliphatic rings. The van der Waals surface area contributed by atoms with Gasteiger partial charge in [0.05, 0.1) is 16.6 Å². The Kier molecular flexibility index (Phi) is 3.71. The van der Waals surface area contributed by atoms with E-state index in [0.29, 0.717) is 20.6 Å². The van der Waals surface area contributed by atoms with Crippen molar-refractivity contribution in [2.75, 3.05) is 0 Å². The molecular formula is C10H8Cl2N2O2S. The molecule has 0 radical (unpaired) electrons. The maximum absolute atomic E-state index is 12.0. The molecule has 0 bridgehead atoms. The van der Waals surface area contributed by atoms with Crippen molar-refractivity contribution in [2.45, 2.75) is 10.6 Å². The van der Waals surface area contributed by atoms with Crippen molar-refractivity contribution >= 4 is 34.0 Å². The molecule has 1 unspecified atom stereocenters. The molecule has 2 rings (SSSR count). The maximum Gasteiger partial charge on any atom is 0.264 e. The number of aromatic nitrogens is 2. The number of hydrogen-bond acceptors (Lipinski definition) is 2. The van der Waals surface area contributed by atoms with E-state index in [1.54, 1.807) is 18.2 Å². The third-order valence-corrected chi connectivity index (χ3v) is 3.81. The lowest BCUT2D eigenvalue weighted by molar-refractivity contribution is 0.682. The zero-order valence-electron chi connectivity index (χ0n) is 8.50. The minimum absolute atomic E-state index is 0.204. The Balaban J connectivity index is 2.22. The molecule has 17 heavy (non-hydrogen) atoms. The van der Waals surface area contributed by atoms with Crippen LogP contribution in [-0.4, -0.2) is 14.4 Å². The predicted molar refractivity (Wildman–Crippen MR) is 68.0 cm³/mol. The first-order chi connectivity index (χ1) is 8.04. The van der Waals surface area contributed by atoms with Gasteiger partial charge in [0.25, 0.3) is 5.56 Å². The lowest BCUT2D eigenvalue weighted by Crippen LogP contribution is -1.97.